The minimum atomic E-state index is -4.31. The van der Waals surface area contributed by atoms with E-state index in [0.717, 1.165) is 81.9 Å². The number of carbonyl (C=O) groups is 1. The standard InChI is InChI=1S/C27H32F3NO2/c28-27(29,30)24-15-13-22(14-16-24)21-9-11-23(12-10-21)26(32)33-25-17-7-20(8-18-25)6-4-2-1-3-5-19-31/h1-3,5,13-16,20-21,23,25H,4,6-12,17-18H2/b2-1+,5-3?/t20?,21-,23-,25?. The Morgan fingerprint density at radius 1 is 1.00 bits per heavy atom. The number of alkyl halides is 3. The predicted molar refractivity (Wildman–Crippen MR) is 121 cm³/mol. The first-order valence-corrected chi connectivity index (χ1v) is 12.0. The molecule has 2 aliphatic rings. The molecule has 2 fully saturated rings. The van der Waals surface area contributed by atoms with E-state index in [4.69, 9.17) is 10.00 Å². The molecule has 33 heavy (non-hydrogen) atoms. The number of hydrogen-bond acceptors (Lipinski definition) is 3. The van der Waals surface area contributed by atoms with Crippen LogP contribution in [0.1, 0.15) is 81.3 Å². The molecule has 0 atom stereocenters. The van der Waals surface area contributed by atoms with Crippen LogP contribution in [0.25, 0.3) is 0 Å². The molecule has 3 rings (SSSR count). The third-order valence-electron chi connectivity index (χ3n) is 7.01. The highest BCUT2D eigenvalue weighted by Gasteiger charge is 2.33. The van der Waals surface area contributed by atoms with Crippen LogP contribution in [0.5, 0.6) is 0 Å². The molecular weight excluding hydrogens is 427 g/mol. The number of hydrogen-bond donors (Lipinski definition) is 0. The SMILES string of the molecule is N#CC=C/C=C/CCC1CCC(OC(=O)[C@H]2CC[C@H](c3ccc(C(F)(F)F)cc3)CC2)CC1. The topological polar surface area (TPSA) is 50.1 Å². The second-order valence-electron chi connectivity index (χ2n) is 9.24. The average Bonchev–Trinajstić information content (AvgIpc) is 2.82. The number of nitriles is 1. The fourth-order valence-electron chi connectivity index (χ4n) is 5.01. The van der Waals surface area contributed by atoms with Crippen molar-refractivity contribution in [1.82, 2.24) is 0 Å². The average molecular weight is 460 g/mol. The molecule has 6 heteroatoms. The van der Waals surface area contributed by atoms with Crippen molar-refractivity contribution in [3.8, 4) is 6.07 Å². The van der Waals surface area contributed by atoms with Crippen molar-refractivity contribution >= 4 is 5.97 Å². The van der Waals surface area contributed by atoms with Gasteiger partial charge in [0.15, 0.2) is 0 Å². The second-order valence-corrected chi connectivity index (χ2v) is 9.24. The highest BCUT2D eigenvalue weighted by Crippen LogP contribution is 2.38. The molecule has 1 aromatic carbocycles. The lowest BCUT2D eigenvalue weighted by atomic mass is 9.78. The first-order chi connectivity index (χ1) is 15.9. The van der Waals surface area contributed by atoms with Crippen molar-refractivity contribution in [1.29, 1.82) is 5.26 Å². The van der Waals surface area contributed by atoms with Gasteiger partial charge in [0, 0.05) is 6.08 Å². The van der Waals surface area contributed by atoms with Gasteiger partial charge in [-0.15, -0.1) is 0 Å². The molecule has 2 saturated carbocycles. The van der Waals surface area contributed by atoms with Crippen LogP contribution in [-0.4, -0.2) is 12.1 Å². The van der Waals surface area contributed by atoms with Gasteiger partial charge < -0.3 is 4.74 Å². The first kappa shape index (κ1) is 25.1. The van der Waals surface area contributed by atoms with Crippen molar-refractivity contribution in [2.45, 2.75) is 82.4 Å². The molecule has 0 radical (unpaired) electrons. The monoisotopic (exact) mass is 459 g/mol. The maximum absolute atomic E-state index is 12.8. The van der Waals surface area contributed by atoms with Gasteiger partial charge in [0.1, 0.15) is 6.10 Å². The minimum absolute atomic E-state index is 0.00971. The van der Waals surface area contributed by atoms with Crippen LogP contribution >= 0.6 is 0 Å². The van der Waals surface area contributed by atoms with Gasteiger partial charge in [-0.3, -0.25) is 4.79 Å². The first-order valence-electron chi connectivity index (χ1n) is 12.0. The number of nitrogens with zero attached hydrogens (tertiary/aromatic N) is 1. The molecule has 3 nitrogen and oxygen atoms in total. The Bertz CT molecular complexity index is 851. The Morgan fingerprint density at radius 2 is 1.67 bits per heavy atom. The number of halogens is 3. The maximum atomic E-state index is 12.8. The summed E-state index contributed by atoms with van der Waals surface area (Å²) in [5.74, 6) is 0.663. The van der Waals surface area contributed by atoms with Gasteiger partial charge in [-0.25, -0.2) is 0 Å². The zero-order chi connectivity index (χ0) is 23.7. The molecule has 0 aromatic heterocycles. The molecule has 0 bridgehead atoms. The molecule has 0 unspecified atom stereocenters. The summed E-state index contributed by atoms with van der Waals surface area (Å²) < 4.78 is 44.1. The zero-order valence-electron chi connectivity index (χ0n) is 18.9. The Hall–Kier alpha value is -2.55. The molecule has 0 heterocycles. The van der Waals surface area contributed by atoms with Gasteiger partial charge in [-0.1, -0.05) is 30.4 Å². The highest BCUT2D eigenvalue weighted by atomic mass is 19.4. The summed E-state index contributed by atoms with van der Waals surface area (Å²) >= 11 is 0. The normalized spacial score (nSPS) is 26.4. The number of esters is 1. The Morgan fingerprint density at radius 3 is 2.27 bits per heavy atom. The largest absolute Gasteiger partial charge is 0.462 e. The number of rotatable bonds is 7. The van der Waals surface area contributed by atoms with E-state index in [2.05, 4.69) is 6.08 Å². The third kappa shape index (κ3) is 7.77. The van der Waals surface area contributed by atoms with E-state index in [9.17, 15) is 18.0 Å². The molecule has 0 N–H and O–H groups in total. The number of allylic oxidation sites excluding steroid dienone is 4. The number of ether oxygens (including phenoxy) is 1. The van der Waals surface area contributed by atoms with Crippen LogP contribution in [0.15, 0.2) is 48.6 Å². The zero-order valence-corrected chi connectivity index (χ0v) is 18.9. The molecule has 2 aliphatic carbocycles. The Kier molecular flexibility index (Phi) is 9.17. The smallest absolute Gasteiger partial charge is 0.416 e. The lowest BCUT2D eigenvalue weighted by molar-refractivity contribution is -0.157. The van der Waals surface area contributed by atoms with Crippen molar-refractivity contribution in [3.05, 3.63) is 59.7 Å². The van der Waals surface area contributed by atoms with Gasteiger partial charge in [-0.2, -0.15) is 18.4 Å². The minimum Gasteiger partial charge on any atom is -0.462 e. The van der Waals surface area contributed by atoms with Crippen LogP contribution in [0.4, 0.5) is 13.2 Å². The highest BCUT2D eigenvalue weighted by molar-refractivity contribution is 5.72. The summed E-state index contributed by atoms with van der Waals surface area (Å²) in [5.41, 5.74) is 0.298. The molecule has 0 amide bonds. The fourth-order valence-corrected chi connectivity index (χ4v) is 5.01. The van der Waals surface area contributed by atoms with E-state index in [1.54, 1.807) is 18.2 Å². The van der Waals surface area contributed by atoms with E-state index in [0.29, 0.717) is 5.92 Å². The summed E-state index contributed by atoms with van der Waals surface area (Å²) in [4.78, 5) is 12.7. The summed E-state index contributed by atoms with van der Waals surface area (Å²) in [6.07, 6.45) is 12.0. The number of benzene rings is 1. The van der Waals surface area contributed by atoms with Gasteiger partial charge in [-0.05, 0) is 93.7 Å². The van der Waals surface area contributed by atoms with E-state index < -0.39 is 11.7 Å². The Balaban J connectivity index is 1.36. The van der Waals surface area contributed by atoms with Crippen molar-refractivity contribution in [2.24, 2.45) is 11.8 Å². The van der Waals surface area contributed by atoms with Crippen molar-refractivity contribution in [3.63, 3.8) is 0 Å². The lowest BCUT2D eigenvalue weighted by Gasteiger charge is -2.31. The molecule has 0 aliphatic heterocycles. The summed E-state index contributed by atoms with van der Waals surface area (Å²) in [5, 5.41) is 8.45. The quantitative estimate of drug-likeness (QED) is 0.241. The van der Waals surface area contributed by atoms with Crippen LogP contribution < -0.4 is 0 Å². The lowest BCUT2D eigenvalue weighted by Crippen LogP contribution is -2.29. The van der Waals surface area contributed by atoms with Crippen LogP contribution in [-0.2, 0) is 15.7 Å². The summed E-state index contributed by atoms with van der Waals surface area (Å²) in [6.45, 7) is 0. The second kappa shape index (κ2) is 12.1. The third-order valence-corrected chi connectivity index (χ3v) is 7.01. The molecule has 178 valence electrons. The molecule has 0 spiro atoms. The predicted octanol–water partition coefficient (Wildman–Crippen LogP) is 7.50. The van der Waals surface area contributed by atoms with Crippen LogP contribution in [0.2, 0.25) is 0 Å². The Labute approximate surface area is 194 Å². The number of carbonyl (C=O) groups excluding carboxylic acids is 1. The fraction of sp³-hybridized carbons (Fsp3) is 0.556. The van der Waals surface area contributed by atoms with Crippen molar-refractivity contribution < 1.29 is 22.7 Å². The van der Waals surface area contributed by atoms with Gasteiger partial charge in [0.05, 0.1) is 17.6 Å². The molecular formula is C27H32F3NO2. The molecule has 0 saturated heterocycles. The van der Waals surface area contributed by atoms with E-state index in [1.807, 2.05) is 12.1 Å². The van der Waals surface area contributed by atoms with Crippen LogP contribution in [0.3, 0.4) is 0 Å². The van der Waals surface area contributed by atoms with Gasteiger partial charge in [0.25, 0.3) is 0 Å². The summed E-state index contributed by atoms with van der Waals surface area (Å²) in [7, 11) is 0. The van der Waals surface area contributed by atoms with Gasteiger partial charge in [0.2, 0.25) is 0 Å². The maximum Gasteiger partial charge on any atom is 0.416 e. The van der Waals surface area contributed by atoms with E-state index in [1.165, 1.54) is 6.08 Å². The summed E-state index contributed by atoms with van der Waals surface area (Å²) in [6, 6.07) is 7.40. The van der Waals surface area contributed by atoms with Gasteiger partial charge >= 0.3 is 12.1 Å². The van der Waals surface area contributed by atoms with Crippen molar-refractivity contribution in [2.75, 3.05) is 0 Å². The molecule has 1 aromatic rings. The van der Waals surface area contributed by atoms with E-state index >= 15 is 0 Å². The van der Waals surface area contributed by atoms with E-state index in [-0.39, 0.29) is 23.9 Å². The van der Waals surface area contributed by atoms with Crippen LogP contribution in [0, 0.1) is 23.2 Å².